The maximum Gasteiger partial charge on any atom is 0.314 e. The van der Waals surface area contributed by atoms with Gasteiger partial charge in [0.15, 0.2) is 5.88 Å². The van der Waals surface area contributed by atoms with E-state index in [4.69, 9.17) is 10.2 Å². The summed E-state index contributed by atoms with van der Waals surface area (Å²) >= 11 is 0. The van der Waals surface area contributed by atoms with E-state index < -0.39 is 9.84 Å². The van der Waals surface area contributed by atoms with Crippen LogP contribution in [0.1, 0.15) is 12.8 Å². The summed E-state index contributed by atoms with van der Waals surface area (Å²) in [5, 5.41) is 17.9. The van der Waals surface area contributed by atoms with E-state index in [1.807, 2.05) is 0 Å². The van der Waals surface area contributed by atoms with E-state index in [1.165, 1.54) is 0 Å². The van der Waals surface area contributed by atoms with E-state index >= 15 is 0 Å². The van der Waals surface area contributed by atoms with Crippen LogP contribution in [0.15, 0.2) is 0 Å². The molecule has 0 unspecified atom stereocenters. The summed E-state index contributed by atoms with van der Waals surface area (Å²) in [4.78, 5) is 11.9. The second-order valence-electron chi connectivity index (χ2n) is 4.11. The first kappa shape index (κ1) is 13.6. The van der Waals surface area contributed by atoms with Gasteiger partial charge in [-0.25, -0.2) is 17.7 Å². The minimum absolute atomic E-state index is 0.00952. The van der Waals surface area contributed by atoms with Crippen LogP contribution in [0.3, 0.4) is 0 Å². The molecule has 0 aromatic rings. The number of quaternary nitrogens is 1. The first-order valence-electron chi connectivity index (χ1n) is 5.27. The standard InChI is InChI=1S/C9H18NO5S/c11-5-3-10(4-6-12)8-16(14,15)7-1-2-9(10)13/h11-12H,1-8H2/q+1. The molecule has 1 saturated heterocycles. The minimum Gasteiger partial charge on any atom is -0.390 e. The maximum atomic E-state index is 11.9. The Kier molecular flexibility index (Phi) is 4.43. The molecule has 7 heteroatoms. The van der Waals surface area contributed by atoms with Gasteiger partial charge in [-0.05, 0) is 6.42 Å². The molecule has 1 aliphatic rings. The van der Waals surface area contributed by atoms with Crippen LogP contribution in [0.5, 0.6) is 0 Å². The van der Waals surface area contributed by atoms with Crippen LogP contribution in [0, 0.1) is 0 Å². The van der Waals surface area contributed by atoms with Crippen LogP contribution in [-0.4, -0.2) is 67.0 Å². The molecule has 0 atom stereocenters. The summed E-state index contributed by atoms with van der Waals surface area (Å²) in [5.41, 5.74) is 0. The van der Waals surface area contributed by atoms with Gasteiger partial charge in [0.1, 0.15) is 13.1 Å². The highest BCUT2D eigenvalue weighted by Crippen LogP contribution is 2.19. The Morgan fingerprint density at radius 1 is 1.19 bits per heavy atom. The van der Waals surface area contributed by atoms with Gasteiger partial charge < -0.3 is 10.2 Å². The highest BCUT2D eigenvalue weighted by atomic mass is 32.2. The monoisotopic (exact) mass is 252 g/mol. The zero-order valence-corrected chi connectivity index (χ0v) is 9.95. The molecule has 0 aliphatic carbocycles. The lowest BCUT2D eigenvalue weighted by Crippen LogP contribution is -2.57. The average molecular weight is 252 g/mol. The second-order valence-corrected chi connectivity index (χ2v) is 6.27. The molecule has 94 valence electrons. The van der Waals surface area contributed by atoms with E-state index in [2.05, 4.69) is 0 Å². The Balaban J connectivity index is 3.03. The van der Waals surface area contributed by atoms with Gasteiger partial charge in [-0.2, -0.15) is 0 Å². The minimum atomic E-state index is -3.27. The molecule has 16 heavy (non-hydrogen) atoms. The molecule has 0 aromatic heterocycles. The molecule has 1 rings (SSSR count). The van der Waals surface area contributed by atoms with Gasteiger partial charge in [0.05, 0.1) is 25.4 Å². The number of aliphatic hydroxyl groups excluding tert-OH is 2. The molecule has 6 nitrogen and oxygen atoms in total. The second kappa shape index (κ2) is 5.22. The van der Waals surface area contributed by atoms with Crippen LogP contribution in [-0.2, 0) is 14.6 Å². The molecule has 0 saturated carbocycles. The number of aliphatic hydroxyl groups is 2. The van der Waals surface area contributed by atoms with Crippen molar-refractivity contribution in [1.82, 2.24) is 0 Å². The van der Waals surface area contributed by atoms with Gasteiger partial charge in [-0.3, -0.25) is 0 Å². The molecule has 1 amide bonds. The zero-order valence-electron chi connectivity index (χ0n) is 9.13. The molecule has 0 aromatic carbocycles. The summed E-state index contributed by atoms with van der Waals surface area (Å²) in [7, 11) is -3.27. The topological polar surface area (TPSA) is 91.7 Å². The fourth-order valence-electron chi connectivity index (χ4n) is 2.07. The van der Waals surface area contributed by atoms with Crippen molar-refractivity contribution in [2.24, 2.45) is 0 Å². The van der Waals surface area contributed by atoms with E-state index in [-0.39, 0.29) is 54.7 Å². The largest absolute Gasteiger partial charge is 0.390 e. The third-order valence-electron chi connectivity index (χ3n) is 2.87. The third-order valence-corrected chi connectivity index (χ3v) is 4.67. The molecule has 0 radical (unpaired) electrons. The van der Waals surface area contributed by atoms with Crippen molar-refractivity contribution < 1.29 is 27.9 Å². The van der Waals surface area contributed by atoms with Crippen molar-refractivity contribution >= 4 is 15.7 Å². The molecule has 0 bridgehead atoms. The van der Waals surface area contributed by atoms with Crippen molar-refractivity contribution in [1.29, 1.82) is 0 Å². The number of hydrogen-bond donors (Lipinski definition) is 2. The van der Waals surface area contributed by atoms with Gasteiger partial charge in [-0.15, -0.1) is 0 Å². The summed E-state index contributed by atoms with van der Waals surface area (Å²) in [6, 6.07) is 0. The Morgan fingerprint density at radius 2 is 1.75 bits per heavy atom. The first-order chi connectivity index (χ1) is 7.46. The maximum absolute atomic E-state index is 11.9. The fourth-order valence-corrected chi connectivity index (χ4v) is 3.94. The van der Waals surface area contributed by atoms with Crippen molar-refractivity contribution in [3.05, 3.63) is 0 Å². The van der Waals surface area contributed by atoms with Crippen LogP contribution >= 0.6 is 0 Å². The Hall–Kier alpha value is -0.500. The van der Waals surface area contributed by atoms with Crippen LogP contribution in [0.25, 0.3) is 0 Å². The quantitative estimate of drug-likeness (QED) is 0.593. The first-order valence-corrected chi connectivity index (χ1v) is 7.09. The van der Waals surface area contributed by atoms with Gasteiger partial charge in [-0.1, -0.05) is 0 Å². The van der Waals surface area contributed by atoms with Crippen molar-refractivity contribution in [3.8, 4) is 0 Å². The zero-order chi connectivity index (χ0) is 12.2. The fraction of sp³-hybridized carbons (Fsp3) is 0.889. The van der Waals surface area contributed by atoms with Gasteiger partial charge >= 0.3 is 5.91 Å². The number of nitrogens with zero attached hydrogens (tertiary/aromatic N) is 1. The summed E-state index contributed by atoms with van der Waals surface area (Å²) in [6.45, 7) is -0.417. The SMILES string of the molecule is O=C1CCCS(=O)(=O)C[N+]1(CCO)CCO. The summed E-state index contributed by atoms with van der Waals surface area (Å²) in [6.07, 6.45) is 0.525. The number of amides is 1. The van der Waals surface area contributed by atoms with Crippen LogP contribution in [0.4, 0.5) is 0 Å². The van der Waals surface area contributed by atoms with Crippen molar-refractivity contribution in [2.75, 3.05) is 37.9 Å². The molecule has 1 heterocycles. The van der Waals surface area contributed by atoms with Crippen LogP contribution in [0.2, 0.25) is 0 Å². The lowest BCUT2D eigenvalue weighted by molar-refractivity contribution is -0.843. The van der Waals surface area contributed by atoms with E-state index in [0.717, 1.165) is 0 Å². The van der Waals surface area contributed by atoms with E-state index in [0.29, 0.717) is 6.42 Å². The molecule has 0 spiro atoms. The number of rotatable bonds is 4. The number of carbonyl (C=O) groups excluding carboxylic acids is 1. The van der Waals surface area contributed by atoms with Crippen molar-refractivity contribution in [2.45, 2.75) is 12.8 Å². The van der Waals surface area contributed by atoms with Gasteiger partial charge in [0.2, 0.25) is 9.84 Å². The predicted molar refractivity (Wildman–Crippen MR) is 57.1 cm³/mol. The molecule has 1 fully saturated rings. The molecule has 2 N–H and O–H groups in total. The normalized spacial score (nSPS) is 24.0. The Labute approximate surface area is 95.0 Å². The van der Waals surface area contributed by atoms with Gasteiger partial charge in [0.25, 0.3) is 0 Å². The molecular weight excluding hydrogens is 234 g/mol. The van der Waals surface area contributed by atoms with Crippen molar-refractivity contribution in [3.63, 3.8) is 0 Å². The average Bonchev–Trinajstić information content (AvgIpc) is 2.26. The smallest absolute Gasteiger partial charge is 0.314 e. The van der Waals surface area contributed by atoms with Gasteiger partial charge in [0, 0.05) is 0 Å². The molecule has 1 aliphatic heterocycles. The Morgan fingerprint density at radius 3 is 2.25 bits per heavy atom. The van der Waals surface area contributed by atoms with E-state index in [9.17, 15) is 13.2 Å². The Bertz CT molecular complexity index is 345. The lowest BCUT2D eigenvalue weighted by Gasteiger charge is -2.32. The third kappa shape index (κ3) is 3.00. The lowest BCUT2D eigenvalue weighted by atomic mass is 10.2. The van der Waals surface area contributed by atoms with E-state index in [1.54, 1.807) is 0 Å². The highest BCUT2D eigenvalue weighted by Gasteiger charge is 2.42. The molecular formula is C9H18NO5S+. The number of sulfone groups is 1. The highest BCUT2D eigenvalue weighted by molar-refractivity contribution is 7.91. The van der Waals surface area contributed by atoms with Crippen LogP contribution < -0.4 is 0 Å². The number of hydrogen-bond acceptors (Lipinski definition) is 5. The predicted octanol–water partition coefficient (Wildman–Crippen LogP) is -1.52. The summed E-state index contributed by atoms with van der Waals surface area (Å²) < 4.78 is 23.0. The summed E-state index contributed by atoms with van der Waals surface area (Å²) in [5.74, 6) is -0.494. The number of carbonyl (C=O) groups is 1.